The van der Waals surface area contributed by atoms with E-state index in [9.17, 15) is 4.79 Å². The van der Waals surface area contributed by atoms with Gasteiger partial charge in [-0.3, -0.25) is 9.36 Å². The lowest BCUT2D eigenvalue weighted by Crippen LogP contribution is -2.41. The molecule has 1 unspecified atom stereocenters. The number of carbonyl (C=O) groups is 1. The van der Waals surface area contributed by atoms with Crippen molar-refractivity contribution in [2.24, 2.45) is 11.7 Å². The zero-order valence-corrected chi connectivity index (χ0v) is 13.2. The number of nitrogens with one attached hydrogen (secondary N) is 1. The zero-order valence-electron chi connectivity index (χ0n) is 13.2. The fourth-order valence-corrected chi connectivity index (χ4v) is 2.92. The van der Waals surface area contributed by atoms with Gasteiger partial charge in [0, 0.05) is 30.0 Å². The van der Waals surface area contributed by atoms with Crippen molar-refractivity contribution in [2.45, 2.75) is 39.7 Å². The lowest BCUT2D eigenvalue weighted by Gasteiger charge is -2.16. The van der Waals surface area contributed by atoms with Crippen molar-refractivity contribution in [3.05, 3.63) is 34.8 Å². The van der Waals surface area contributed by atoms with Gasteiger partial charge in [0.05, 0.1) is 5.56 Å². The van der Waals surface area contributed by atoms with Gasteiger partial charge in [-0.25, -0.2) is 0 Å². The van der Waals surface area contributed by atoms with Crippen LogP contribution < -0.4 is 11.1 Å². The van der Waals surface area contributed by atoms with Crippen LogP contribution in [0.1, 0.15) is 40.3 Å². The molecule has 0 aliphatic heterocycles. The van der Waals surface area contributed by atoms with E-state index in [-0.39, 0.29) is 11.9 Å². The first-order valence-corrected chi connectivity index (χ1v) is 7.64. The Hall–Kier alpha value is -2.08. The van der Waals surface area contributed by atoms with Crippen LogP contribution >= 0.6 is 0 Å². The first-order chi connectivity index (χ1) is 10.5. The summed E-state index contributed by atoms with van der Waals surface area (Å²) < 4.78 is 7.06. The number of aryl methyl sites for hydroxylation is 2. The summed E-state index contributed by atoms with van der Waals surface area (Å²) in [7, 11) is 0. The van der Waals surface area contributed by atoms with E-state index >= 15 is 0 Å². The first kappa shape index (κ1) is 14.8. The zero-order chi connectivity index (χ0) is 15.9. The van der Waals surface area contributed by atoms with E-state index in [1.807, 2.05) is 37.5 Å². The molecule has 1 aliphatic carbocycles. The van der Waals surface area contributed by atoms with E-state index in [1.54, 1.807) is 0 Å². The van der Waals surface area contributed by atoms with Crippen LogP contribution in [0.5, 0.6) is 0 Å². The molecule has 0 bridgehead atoms. The molecule has 0 radical (unpaired) electrons. The maximum atomic E-state index is 12.5. The molecule has 22 heavy (non-hydrogen) atoms. The van der Waals surface area contributed by atoms with Crippen molar-refractivity contribution < 1.29 is 9.32 Å². The third-order valence-electron chi connectivity index (χ3n) is 4.28. The molecular weight excluding hydrogens is 280 g/mol. The summed E-state index contributed by atoms with van der Waals surface area (Å²) in [5.41, 5.74) is 8.24. The summed E-state index contributed by atoms with van der Waals surface area (Å²) in [4.78, 5) is 12.5. The minimum Gasteiger partial charge on any atom is -0.360 e. The van der Waals surface area contributed by atoms with Crippen LogP contribution in [-0.2, 0) is 0 Å². The minimum atomic E-state index is -0.0677. The SMILES string of the molecule is Cc1cc(-n2c(C)cc(C(=O)NC(CN)C3CC3)c2C)no1. The van der Waals surface area contributed by atoms with Gasteiger partial charge < -0.3 is 15.6 Å². The Balaban J connectivity index is 1.87. The summed E-state index contributed by atoms with van der Waals surface area (Å²) >= 11 is 0. The Labute approximate surface area is 129 Å². The van der Waals surface area contributed by atoms with Gasteiger partial charge in [0.25, 0.3) is 5.91 Å². The smallest absolute Gasteiger partial charge is 0.253 e. The van der Waals surface area contributed by atoms with E-state index in [1.165, 1.54) is 0 Å². The highest BCUT2D eigenvalue weighted by Crippen LogP contribution is 2.32. The summed E-state index contributed by atoms with van der Waals surface area (Å²) in [5.74, 6) is 1.91. The van der Waals surface area contributed by atoms with Crippen LogP contribution in [-0.4, -0.2) is 28.2 Å². The monoisotopic (exact) mass is 302 g/mol. The van der Waals surface area contributed by atoms with E-state index in [2.05, 4.69) is 10.5 Å². The maximum absolute atomic E-state index is 12.5. The minimum absolute atomic E-state index is 0.0677. The molecular formula is C16H22N4O2. The molecule has 0 saturated heterocycles. The second-order valence-electron chi connectivity index (χ2n) is 6.07. The Bertz CT molecular complexity index is 697. The average molecular weight is 302 g/mol. The van der Waals surface area contributed by atoms with Gasteiger partial charge in [0.2, 0.25) is 0 Å². The van der Waals surface area contributed by atoms with Crippen molar-refractivity contribution in [1.82, 2.24) is 15.0 Å². The van der Waals surface area contributed by atoms with Crippen molar-refractivity contribution in [1.29, 1.82) is 0 Å². The normalized spacial score (nSPS) is 15.8. The molecule has 0 spiro atoms. The van der Waals surface area contributed by atoms with Gasteiger partial charge >= 0.3 is 0 Å². The number of rotatable bonds is 5. The second kappa shape index (κ2) is 5.61. The molecule has 1 aliphatic rings. The molecule has 6 nitrogen and oxygen atoms in total. The van der Waals surface area contributed by atoms with Crippen LogP contribution in [0.25, 0.3) is 5.82 Å². The van der Waals surface area contributed by atoms with Gasteiger partial charge in [0.15, 0.2) is 5.82 Å². The lowest BCUT2D eigenvalue weighted by molar-refractivity contribution is 0.0933. The molecule has 1 saturated carbocycles. The Morgan fingerprint density at radius 2 is 2.18 bits per heavy atom. The molecule has 6 heteroatoms. The summed E-state index contributed by atoms with van der Waals surface area (Å²) in [5, 5.41) is 7.09. The van der Waals surface area contributed by atoms with Gasteiger partial charge in [0.1, 0.15) is 5.76 Å². The molecule has 118 valence electrons. The third kappa shape index (κ3) is 2.66. The van der Waals surface area contributed by atoms with Crippen molar-refractivity contribution in [3.63, 3.8) is 0 Å². The largest absolute Gasteiger partial charge is 0.360 e. The molecule has 1 amide bonds. The van der Waals surface area contributed by atoms with Crippen LogP contribution in [0, 0.1) is 26.7 Å². The highest BCUT2D eigenvalue weighted by molar-refractivity contribution is 5.96. The molecule has 3 N–H and O–H groups in total. The molecule has 0 aromatic carbocycles. The van der Waals surface area contributed by atoms with Crippen LogP contribution in [0.2, 0.25) is 0 Å². The van der Waals surface area contributed by atoms with E-state index in [4.69, 9.17) is 10.3 Å². The highest BCUT2D eigenvalue weighted by Gasteiger charge is 2.32. The van der Waals surface area contributed by atoms with Crippen molar-refractivity contribution in [3.8, 4) is 5.82 Å². The Morgan fingerprint density at radius 3 is 2.73 bits per heavy atom. The number of nitrogens with zero attached hydrogens (tertiary/aromatic N) is 2. The predicted molar refractivity (Wildman–Crippen MR) is 83.1 cm³/mol. The van der Waals surface area contributed by atoms with Crippen LogP contribution in [0.4, 0.5) is 0 Å². The molecule has 1 atom stereocenters. The first-order valence-electron chi connectivity index (χ1n) is 7.64. The topological polar surface area (TPSA) is 86.1 Å². The van der Waals surface area contributed by atoms with Gasteiger partial charge in [-0.05, 0) is 45.6 Å². The van der Waals surface area contributed by atoms with Gasteiger partial charge in [-0.15, -0.1) is 0 Å². The summed E-state index contributed by atoms with van der Waals surface area (Å²) in [6, 6.07) is 3.81. The second-order valence-corrected chi connectivity index (χ2v) is 6.07. The molecule has 2 aromatic rings. The average Bonchev–Trinajstić information content (AvgIpc) is 3.17. The fraction of sp³-hybridized carbons (Fsp3) is 0.500. The maximum Gasteiger partial charge on any atom is 0.253 e. The molecule has 2 heterocycles. The number of nitrogens with two attached hydrogens (primary N) is 1. The Kier molecular flexibility index (Phi) is 3.78. The summed E-state index contributed by atoms with van der Waals surface area (Å²) in [6.45, 7) is 6.20. The van der Waals surface area contributed by atoms with Crippen LogP contribution in [0.15, 0.2) is 16.7 Å². The van der Waals surface area contributed by atoms with Crippen LogP contribution in [0.3, 0.4) is 0 Å². The van der Waals surface area contributed by atoms with Crippen molar-refractivity contribution in [2.75, 3.05) is 6.54 Å². The number of amides is 1. The quantitative estimate of drug-likeness (QED) is 0.882. The van der Waals surface area contributed by atoms with Crippen molar-refractivity contribution >= 4 is 5.91 Å². The van der Waals surface area contributed by atoms with E-state index in [0.29, 0.717) is 23.8 Å². The third-order valence-corrected chi connectivity index (χ3v) is 4.28. The van der Waals surface area contributed by atoms with E-state index in [0.717, 1.165) is 30.0 Å². The number of carbonyl (C=O) groups excluding carboxylic acids is 1. The highest BCUT2D eigenvalue weighted by atomic mass is 16.5. The fourth-order valence-electron chi connectivity index (χ4n) is 2.92. The van der Waals surface area contributed by atoms with Gasteiger partial charge in [-0.1, -0.05) is 5.16 Å². The lowest BCUT2D eigenvalue weighted by atomic mass is 10.1. The van der Waals surface area contributed by atoms with Gasteiger partial charge in [-0.2, -0.15) is 0 Å². The standard InChI is InChI=1S/C16H22N4O2/c1-9-6-13(16(21)18-14(8-17)12-4-5-12)11(3)20(9)15-7-10(2)22-19-15/h6-7,12,14H,4-5,8,17H2,1-3H3,(H,18,21). The predicted octanol–water partition coefficient (Wildman–Crippen LogP) is 1.86. The number of hydrogen-bond donors (Lipinski definition) is 2. The Morgan fingerprint density at radius 1 is 1.45 bits per heavy atom. The van der Waals surface area contributed by atoms with E-state index < -0.39 is 0 Å². The molecule has 3 rings (SSSR count). The number of hydrogen-bond acceptors (Lipinski definition) is 4. The number of aromatic nitrogens is 2. The molecule has 1 fully saturated rings. The molecule has 2 aromatic heterocycles. The summed E-state index contributed by atoms with van der Waals surface area (Å²) in [6.07, 6.45) is 2.30.